The van der Waals surface area contributed by atoms with Crippen molar-refractivity contribution in [3.63, 3.8) is 0 Å². The standard InChI is InChI=1S/C23H25ClN4O4S/c1-14-7-9-19(12-20(14)24)26-23(29)18-5-4-10-28(13-18)33(30,31)21-11-17(8-6-15(21)2)22-25-16(3)32-27-22/h6-9,11-12,18H,4-5,10,13H2,1-3H3,(H,26,29)/t18-/m0/s1. The van der Waals surface area contributed by atoms with E-state index in [4.69, 9.17) is 16.1 Å². The normalized spacial score (nSPS) is 17.2. The number of aromatic nitrogens is 2. The monoisotopic (exact) mass is 488 g/mol. The molecule has 1 saturated heterocycles. The highest BCUT2D eigenvalue weighted by molar-refractivity contribution is 7.89. The van der Waals surface area contributed by atoms with Crippen LogP contribution < -0.4 is 5.32 Å². The van der Waals surface area contributed by atoms with Gasteiger partial charge in [-0.1, -0.05) is 35.0 Å². The Balaban J connectivity index is 1.54. The molecule has 8 nitrogen and oxygen atoms in total. The largest absolute Gasteiger partial charge is 0.339 e. The second-order valence-electron chi connectivity index (χ2n) is 8.27. The summed E-state index contributed by atoms with van der Waals surface area (Å²) in [6, 6.07) is 10.4. The number of rotatable bonds is 5. The Hall–Kier alpha value is -2.75. The maximum absolute atomic E-state index is 13.5. The third kappa shape index (κ3) is 4.95. The van der Waals surface area contributed by atoms with Crippen LogP contribution in [0.2, 0.25) is 5.02 Å². The Kier molecular flexibility index (Phi) is 6.56. The summed E-state index contributed by atoms with van der Waals surface area (Å²) >= 11 is 6.15. The number of hydrogen-bond donors (Lipinski definition) is 1. The number of amides is 1. The number of aryl methyl sites for hydroxylation is 3. The molecule has 0 aliphatic carbocycles. The summed E-state index contributed by atoms with van der Waals surface area (Å²) < 4.78 is 33.4. The van der Waals surface area contributed by atoms with Crippen molar-refractivity contribution in [2.45, 2.75) is 38.5 Å². The quantitative estimate of drug-likeness (QED) is 0.572. The molecule has 1 fully saturated rings. The second-order valence-corrected chi connectivity index (χ2v) is 10.6. The average molecular weight is 489 g/mol. The van der Waals surface area contributed by atoms with Crippen LogP contribution in [0.15, 0.2) is 45.8 Å². The van der Waals surface area contributed by atoms with Crippen LogP contribution in [-0.4, -0.2) is 41.9 Å². The molecule has 2 aromatic carbocycles. The van der Waals surface area contributed by atoms with Crippen molar-refractivity contribution >= 4 is 33.2 Å². The molecule has 0 unspecified atom stereocenters. The maximum atomic E-state index is 13.5. The van der Waals surface area contributed by atoms with Gasteiger partial charge in [0.1, 0.15) is 0 Å². The Morgan fingerprint density at radius 2 is 1.91 bits per heavy atom. The van der Waals surface area contributed by atoms with Crippen molar-refractivity contribution in [3.05, 3.63) is 58.4 Å². The number of anilines is 1. The number of hydrogen-bond acceptors (Lipinski definition) is 6. The van der Waals surface area contributed by atoms with Crippen LogP contribution in [0.3, 0.4) is 0 Å². The van der Waals surface area contributed by atoms with Gasteiger partial charge in [0.2, 0.25) is 27.6 Å². The number of sulfonamides is 1. The SMILES string of the molecule is Cc1nc(-c2ccc(C)c(S(=O)(=O)N3CCC[C@H](C(=O)Nc4ccc(C)c(Cl)c4)C3)c2)no1. The topological polar surface area (TPSA) is 105 Å². The highest BCUT2D eigenvalue weighted by Gasteiger charge is 2.34. The van der Waals surface area contributed by atoms with Crippen molar-refractivity contribution in [2.24, 2.45) is 5.92 Å². The van der Waals surface area contributed by atoms with Crippen LogP contribution in [0, 0.1) is 26.7 Å². The van der Waals surface area contributed by atoms with E-state index >= 15 is 0 Å². The van der Waals surface area contributed by atoms with Gasteiger partial charge in [-0.2, -0.15) is 9.29 Å². The van der Waals surface area contributed by atoms with Crippen LogP contribution in [0.25, 0.3) is 11.4 Å². The fourth-order valence-corrected chi connectivity index (χ4v) is 5.82. The van der Waals surface area contributed by atoms with E-state index in [9.17, 15) is 13.2 Å². The van der Waals surface area contributed by atoms with Crippen LogP contribution in [0.5, 0.6) is 0 Å². The van der Waals surface area contributed by atoms with Gasteiger partial charge in [-0.15, -0.1) is 0 Å². The summed E-state index contributed by atoms with van der Waals surface area (Å²) in [6.07, 6.45) is 1.20. The number of nitrogens with one attached hydrogen (secondary N) is 1. The van der Waals surface area contributed by atoms with E-state index < -0.39 is 15.9 Å². The minimum Gasteiger partial charge on any atom is -0.339 e. The molecule has 1 atom stereocenters. The summed E-state index contributed by atoms with van der Waals surface area (Å²) in [5.41, 5.74) is 2.67. The molecule has 10 heteroatoms. The van der Waals surface area contributed by atoms with Gasteiger partial charge in [0, 0.05) is 36.3 Å². The minimum atomic E-state index is -3.82. The van der Waals surface area contributed by atoms with Crippen LogP contribution >= 0.6 is 11.6 Å². The molecule has 0 radical (unpaired) electrons. The van der Waals surface area contributed by atoms with Gasteiger partial charge in [0.25, 0.3) is 0 Å². The van der Waals surface area contributed by atoms with Crippen LogP contribution in [0.4, 0.5) is 5.69 Å². The molecule has 2 heterocycles. The van der Waals surface area contributed by atoms with Gasteiger partial charge in [0.05, 0.1) is 10.8 Å². The van der Waals surface area contributed by atoms with Crippen molar-refractivity contribution in [2.75, 3.05) is 18.4 Å². The van der Waals surface area contributed by atoms with Gasteiger partial charge in [0.15, 0.2) is 0 Å². The molecule has 4 rings (SSSR count). The number of carbonyl (C=O) groups excluding carboxylic acids is 1. The molecule has 1 aliphatic rings. The first-order chi connectivity index (χ1) is 15.6. The van der Waals surface area contributed by atoms with E-state index in [2.05, 4.69) is 15.5 Å². The van der Waals surface area contributed by atoms with Gasteiger partial charge >= 0.3 is 0 Å². The van der Waals surface area contributed by atoms with Gasteiger partial charge in [-0.05, 0) is 56.0 Å². The lowest BCUT2D eigenvalue weighted by atomic mass is 9.98. The Morgan fingerprint density at radius 1 is 1.15 bits per heavy atom. The predicted molar refractivity (Wildman–Crippen MR) is 126 cm³/mol. The molecule has 1 N–H and O–H groups in total. The summed E-state index contributed by atoms with van der Waals surface area (Å²) in [6.45, 7) is 5.76. The first-order valence-corrected chi connectivity index (χ1v) is 12.5. The van der Waals surface area contributed by atoms with E-state index in [1.165, 1.54) is 4.31 Å². The van der Waals surface area contributed by atoms with Crippen molar-refractivity contribution in [3.8, 4) is 11.4 Å². The maximum Gasteiger partial charge on any atom is 0.243 e. The molecular formula is C23H25ClN4O4S. The zero-order valence-electron chi connectivity index (χ0n) is 18.6. The number of halogens is 1. The van der Waals surface area contributed by atoms with E-state index in [0.717, 1.165) is 5.56 Å². The number of nitrogens with zero attached hydrogens (tertiary/aromatic N) is 3. The van der Waals surface area contributed by atoms with Gasteiger partial charge in [-0.25, -0.2) is 8.42 Å². The van der Waals surface area contributed by atoms with E-state index in [-0.39, 0.29) is 17.3 Å². The molecule has 0 spiro atoms. The zero-order valence-corrected chi connectivity index (χ0v) is 20.2. The van der Waals surface area contributed by atoms with Crippen molar-refractivity contribution in [1.82, 2.24) is 14.4 Å². The lowest BCUT2D eigenvalue weighted by molar-refractivity contribution is -0.120. The van der Waals surface area contributed by atoms with Crippen molar-refractivity contribution in [1.29, 1.82) is 0 Å². The van der Waals surface area contributed by atoms with Crippen LogP contribution in [0.1, 0.15) is 29.9 Å². The highest BCUT2D eigenvalue weighted by Crippen LogP contribution is 2.29. The molecule has 1 amide bonds. The molecule has 3 aromatic rings. The molecule has 174 valence electrons. The van der Waals surface area contributed by atoms with E-state index in [1.807, 2.05) is 13.0 Å². The highest BCUT2D eigenvalue weighted by atomic mass is 35.5. The Morgan fingerprint density at radius 3 is 2.61 bits per heavy atom. The molecule has 1 aliphatic heterocycles. The first-order valence-electron chi connectivity index (χ1n) is 10.6. The lowest BCUT2D eigenvalue weighted by Gasteiger charge is -2.31. The fraction of sp³-hybridized carbons (Fsp3) is 0.348. The average Bonchev–Trinajstić information content (AvgIpc) is 3.23. The number of benzene rings is 2. The summed E-state index contributed by atoms with van der Waals surface area (Å²) in [5.74, 6) is 0.0471. The second kappa shape index (κ2) is 9.24. The molecule has 33 heavy (non-hydrogen) atoms. The molecule has 0 bridgehead atoms. The molecular weight excluding hydrogens is 464 g/mol. The Bertz CT molecular complexity index is 1310. The predicted octanol–water partition coefficient (Wildman–Crippen LogP) is 4.35. The molecule has 1 aromatic heterocycles. The smallest absolute Gasteiger partial charge is 0.243 e. The Labute approximate surface area is 198 Å². The van der Waals surface area contributed by atoms with Gasteiger partial charge in [-0.3, -0.25) is 4.79 Å². The lowest BCUT2D eigenvalue weighted by Crippen LogP contribution is -2.43. The number of piperidine rings is 1. The third-order valence-electron chi connectivity index (χ3n) is 5.79. The summed E-state index contributed by atoms with van der Waals surface area (Å²) in [4.78, 5) is 17.2. The van der Waals surface area contributed by atoms with E-state index in [1.54, 1.807) is 44.2 Å². The summed E-state index contributed by atoms with van der Waals surface area (Å²) in [5, 5.41) is 7.31. The number of carbonyl (C=O) groups is 1. The third-order valence-corrected chi connectivity index (χ3v) is 8.20. The summed E-state index contributed by atoms with van der Waals surface area (Å²) in [7, 11) is -3.82. The van der Waals surface area contributed by atoms with Crippen LogP contribution in [-0.2, 0) is 14.8 Å². The minimum absolute atomic E-state index is 0.110. The fourth-order valence-electron chi connectivity index (χ4n) is 3.86. The zero-order chi connectivity index (χ0) is 23.8. The van der Waals surface area contributed by atoms with Gasteiger partial charge < -0.3 is 9.84 Å². The van der Waals surface area contributed by atoms with E-state index in [0.29, 0.717) is 52.9 Å². The first kappa shape index (κ1) is 23.4. The molecule has 0 saturated carbocycles. The van der Waals surface area contributed by atoms with Crippen molar-refractivity contribution < 1.29 is 17.7 Å².